The number of aliphatic hydroxyl groups is 1. The molecule has 3 rings (SSSR count). The van der Waals surface area contributed by atoms with E-state index in [9.17, 15) is 19.5 Å². The highest BCUT2D eigenvalue weighted by atomic mass is 16.5. The highest BCUT2D eigenvalue weighted by molar-refractivity contribution is 6.09. The fourth-order valence-electron chi connectivity index (χ4n) is 4.19. The molecule has 1 aliphatic carbocycles. The summed E-state index contributed by atoms with van der Waals surface area (Å²) < 4.78 is 5.28. The zero-order chi connectivity index (χ0) is 21.2. The number of hydrogen-bond acceptors (Lipinski definition) is 5. The zero-order valence-corrected chi connectivity index (χ0v) is 17.2. The van der Waals surface area contributed by atoms with Crippen molar-refractivity contribution < 1.29 is 24.2 Å². The van der Waals surface area contributed by atoms with Gasteiger partial charge in [0.2, 0.25) is 5.91 Å². The molecular formula is C21H29N3O5. The van der Waals surface area contributed by atoms with Crippen molar-refractivity contribution in [2.24, 2.45) is 0 Å². The lowest BCUT2D eigenvalue weighted by Crippen LogP contribution is -2.47. The summed E-state index contributed by atoms with van der Waals surface area (Å²) in [6.07, 6.45) is 2.72. The number of carbonyl (C=O) groups excluding carboxylic acids is 3. The molecule has 4 amide bonds. The monoisotopic (exact) mass is 403 g/mol. The average molecular weight is 403 g/mol. The number of ether oxygens (including phenoxy) is 1. The van der Waals surface area contributed by atoms with Gasteiger partial charge in [0.25, 0.3) is 5.91 Å². The van der Waals surface area contributed by atoms with Crippen LogP contribution in [0.4, 0.5) is 4.79 Å². The van der Waals surface area contributed by atoms with Crippen LogP contribution in [0.15, 0.2) is 18.2 Å². The molecule has 3 N–H and O–H groups in total. The van der Waals surface area contributed by atoms with E-state index < -0.39 is 17.5 Å². The Hall–Kier alpha value is -2.61. The lowest BCUT2D eigenvalue weighted by Gasteiger charge is -2.27. The number of amides is 4. The summed E-state index contributed by atoms with van der Waals surface area (Å²) in [4.78, 5) is 39.2. The first-order valence-corrected chi connectivity index (χ1v) is 10.1. The summed E-state index contributed by atoms with van der Waals surface area (Å²) in [5.74, 6) is -0.0953. The number of methoxy groups -OCH3 is 1. The Balaban J connectivity index is 1.73. The Bertz CT molecular complexity index is 804. The van der Waals surface area contributed by atoms with Crippen molar-refractivity contribution in [2.75, 3.05) is 13.7 Å². The van der Waals surface area contributed by atoms with E-state index >= 15 is 0 Å². The third-order valence-electron chi connectivity index (χ3n) is 5.96. The standard InChI is InChI=1S/C21H29N3O5/c1-4-21(14-5-10-17(29-3)13(2)11-14)19(27)24(20(28)23-21)12-18(26)22-15-6-8-16(25)9-7-15/h5,10-11,15-16,25H,4,6-9,12H2,1-3H3,(H,22,26)(H,23,28). The van der Waals surface area contributed by atoms with Gasteiger partial charge in [-0.1, -0.05) is 13.0 Å². The Morgan fingerprint density at radius 2 is 2.00 bits per heavy atom. The number of imide groups is 1. The van der Waals surface area contributed by atoms with Crippen LogP contribution in [-0.4, -0.2) is 53.7 Å². The molecule has 0 aromatic heterocycles. The normalized spacial score (nSPS) is 27.0. The van der Waals surface area contributed by atoms with E-state index in [0.717, 1.165) is 10.5 Å². The van der Waals surface area contributed by atoms with Crippen molar-refractivity contribution in [2.45, 2.75) is 63.6 Å². The van der Waals surface area contributed by atoms with Crippen molar-refractivity contribution in [3.63, 3.8) is 0 Å². The molecule has 1 saturated carbocycles. The molecule has 0 spiro atoms. The van der Waals surface area contributed by atoms with Gasteiger partial charge in [-0.25, -0.2) is 4.79 Å². The van der Waals surface area contributed by atoms with Gasteiger partial charge in [0.15, 0.2) is 0 Å². The van der Waals surface area contributed by atoms with Crippen molar-refractivity contribution in [1.29, 1.82) is 0 Å². The fourth-order valence-corrected chi connectivity index (χ4v) is 4.19. The highest BCUT2D eigenvalue weighted by Gasteiger charge is 2.51. The predicted molar refractivity (Wildman–Crippen MR) is 106 cm³/mol. The Labute approximate surface area is 170 Å². The number of hydrogen-bond donors (Lipinski definition) is 3. The maximum absolute atomic E-state index is 13.2. The topological polar surface area (TPSA) is 108 Å². The zero-order valence-electron chi connectivity index (χ0n) is 17.2. The van der Waals surface area contributed by atoms with Crippen LogP contribution in [0.3, 0.4) is 0 Å². The maximum atomic E-state index is 13.2. The molecule has 8 nitrogen and oxygen atoms in total. The summed E-state index contributed by atoms with van der Waals surface area (Å²) in [6, 6.07) is 4.77. The third-order valence-corrected chi connectivity index (χ3v) is 5.96. The number of urea groups is 1. The van der Waals surface area contributed by atoms with E-state index in [1.807, 2.05) is 19.9 Å². The number of aliphatic hydroxyl groups excluding tert-OH is 1. The predicted octanol–water partition coefficient (Wildman–Crippen LogP) is 1.58. The Kier molecular flexibility index (Phi) is 6.12. The number of rotatable bonds is 6. The van der Waals surface area contributed by atoms with Crippen molar-refractivity contribution >= 4 is 17.8 Å². The first kappa shape index (κ1) is 21.1. The summed E-state index contributed by atoms with van der Waals surface area (Å²) >= 11 is 0. The average Bonchev–Trinajstić information content (AvgIpc) is 2.94. The molecule has 0 bridgehead atoms. The molecule has 0 radical (unpaired) electrons. The minimum absolute atomic E-state index is 0.0353. The second kappa shape index (κ2) is 8.41. The molecule has 2 fully saturated rings. The molecule has 1 atom stereocenters. The van der Waals surface area contributed by atoms with Gasteiger partial charge in [0.05, 0.1) is 13.2 Å². The minimum atomic E-state index is -1.19. The first-order valence-electron chi connectivity index (χ1n) is 10.1. The van der Waals surface area contributed by atoms with Crippen LogP contribution in [0.5, 0.6) is 5.75 Å². The summed E-state index contributed by atoms with van der Waals surface area (Å²) in [5.41, 5.74) is 0.333. The van der Waals surface area contributed by atoms with Gasteiger partial charge >= 0.3 is 6.03 Å². The van der Waals surface area contributed by atoms with Crippen LogP contribution >= 0.6 is 0 Å². The quantitative estimate of drug-likeness (QED) is 0.625. The second-order valence-electron chi connectivity index (χ2n) is 7.84. The fraction of sp³-hybridized carbons (Fsp3) is 0.571. The minimum Gasteiger partial charge on any atom is -0.496 e. The molecular weight excluding hydrogens is 374 g/mol. The molecule has 158 valence electrons. The van der Waals surface area contributed by atoms with E-state index in [1.54, 1.807) is 19.2 Å². The smallest absolute Gasteiger partial charge is 0.325 e. The van der Waals surface area contributed by atoms with E-state index in [4.69, 9.17) is 4.74 Å². The molecule has 1 aromatic carbocycles. The van der Waals surface area contributed by atoms with Crippen LogP contribution in [0.1, 0.15) is 50.2 Å². The van der Waals surface area contributed by atoms with Crippen molar-refractivity contribution in [1.82, 2.24) is 15.5 Å². The molecule has 1 saturated heterocycles. The number of nitrogens with zero attached hydrogens (tertiary/aromatic N) is 1. The molecule has 8 heteroatoms. The summed E-state index contributed by atoms with van der Waals surface area (Å²) in [6.45, 7) is 3.38. The Morgan fingerprint density at radius 1 is 1.31 bits per heavy atom. The number of aryl methyl sites for hydroxylation is 1. The van der Waals surface area contributed by atoms with Crippen molar-refractivity contribution in [3.8, 4) is 5.75 Å². The molecule has 1 aromatic rings. The Morgan fingerprint density at radius 3 is 2.59 bits per heavy atom. The van der Waals surface area contributed by atoms with E-state index in [2.05, 4.69) is 10.6 Å². The first-order chi connectivity index (χ1) is 13.8. The summed E-state index contributed by atoms with van der Waals surface area (Å²) in [7, 11) is 1.58. The van der Waals surface area contributed by atoms with E-state index in [-0.39, 0.29) is 24.6 Å². The maximum Gasteiger partial charge on any atom is 0.325 e. The van der Waals surface area contributed by atoms with Gasteiger partial charge in [-0.2, -0.15) is 0 Å². The number of benzene rings is 1. The lowest BCUT2D eigenvalue weighted by molar-refractivity contribution is -0.135. The highest BCUT2D eigenvalue weighted by Crippen LogP contribution is 2.34. The van der Waals surface area contributed by atoms with Gasteiger partial charge < -0.3 is 20.5 Å². The van der Waals surface area contributed by atoms with Gasteiger partial charge in [0.1, 0.15) is 17.8 Å². The SMILES string of the molecule is CCC1(c2ccc(OC)c(C)c2)NC(=O)N(CC(=O)NC2CCC(O)CC2)C1=O. The van der Waals surface area contributed by atoms with E-state index in [1.165, 1.54) is 0 Å². The van der Waals surface area contributed by atoms with Gasteiger partial charge in [0, 0.05) is 6.04 Å². The largest absolute Gasteiger partial charge is 0.496 e. The van der Waals surface area contributed by atoms with Crippen molar-refractivity contribution in [3.05, 3.63) is 29.3 Å². The van der Waals surface area contributed by atoms with Gasteiger partial charge in [-0.15, -0.1) is 0 Å². The van der Waals surface area contributed by atoms with Gasteiger partial charge in [-0.3, -0.25) is 14.5 Å². The summed E-state index contributed by atoms with van der Waals surface area (Å²) in [5, 5.41) is 15.3. The molecule has 1 heterocycles. The van der Waals surface area contributed by atoms with Crippen LogP contribution in [0.2, 0.25) is 0 Å². The van der Waals surface area contributed by atoms with Crippen LogP contribution in [0, 0.1) is 6.92 Å². The van der Waals surface area contributed by atoms with Crippen LogP contribution < -0.4 is 15.4 Å². The third kappa shape index (κ3) is 4.07. The molecule has 29 heavy (non-hydrogen) atoms. The van der Waals surface area contributed by atoms with E-state index in [0.29, 0.717) is 43.4 Å². The number of carbonyl (C=O) groups is 3. The molecule has 1 unspecified atom stereocenters. The number of nitrogens with one attached hydrogen (secondary N) is 2. The van der Waals surface area contributed by atoms with Crippen LogP contribution in [-0.2, 0) is 15.1 Å². The second-order valence-corrected chi connectivity index (χ2v) is 7.84. The lowest BCUT2D eigenvalue weighted by atomic mass is 9.86. The van der Waals surface area contributed by atoms with Gasteiger partial charge in [-0.05, 0) is 62.3 Å². The van der Waals surface area contributed by atoms with Crippen LogP contribution in [0.25, 0.3) is 0 Å². The molecule has 2 aliphatic rings. The molecule has 1 aliphatic heterocycles.